The molecule has 7 heteroatoms. The molecule has 0 aromatic heterocycles. The van der Waals surface area contributed by atoms with Gasteiger partial charge < -0.3 is 20.9 Å². The number of nitrogens with one attached hydrogen (secondary N) is 3. The van der Waals surface area contributed by atoms with Crippen molar-refractivity contribution in [2.24, 2.45) is 23.7 Å². The summed E-state index contributed by atoms with van der Waals surface area (Å²) in [4.78, 5) is 39.0. The van der Waals surface area contributed by atoms with Crippen LogP contribution in [0.1, 0.15) is 71.6 Å². The topological polar surface area (TPSA) is 90.5 Å². The Kier molecular flexibility index (Phi) is 6.26. The van der Waals surface area contributed by atoms with Crippen molar-refractivity contribution >= 4 is 17.8 Å². The molecule has 0 spiro atoms. The van der Waals surface area contributed by atoms with Gasteiger partial charge in [-0.3, -0.25) is 9.59 Å². The van der Waals surface area contributed by atoms with Gasteiger partial charge >= 0.3 is 6.03 Å². The molecular formula is C23H38N4O3. The van der Waals surface area contributed by atoms with Crippen LogP contribution in [0.4, 0.5) is 4.79 Å². The fourth-order valence-corrected chi connectivity index (χ4v) is 6.78. The highest BCUT2D eigenvalue weighted by molar-refractivity contribution is 5.81. The first-order valence-electron chi connectivity index (χ1n) is 12.0. The maximum atomic E-state index is 12.5. The number of amides is 4. The summed E-state index contributed by atoms with van der Waals surface area (Å²) in [5, 5.41) is 9.17. The highest BCUT2D eigenvalue weighted by atomic mass is 16.2. The summed E-state index contributed by atoms with van der Waals surface area (Å²) in [5.74, 6) is 2.55. The maximum absolute atomic E-state index is 12.5. The van der Waals surface area contributed by atoms with E-state index in [2.05, 4.69) is 16.0 Å². The van der Waals surface area contributed by atoms with E-state index in [-0.39, 0.29) is 35.3 Å². The third-order valence-corrected chi connectivity index (χ3v) is 7.69. The van der Waals surface area contributed by atoms with E-state index < -0.39 is 0 Å². The Bertz CT molecular complexity index is 634. The van der Waals surface area contributed by atoms with Crippen LogP contribution < -0.4 is 16.0 Å². The van der Waals surface area contributed by atoms with E-state index in [0.29, 0.717) is 38.9 Å². The second-order valence-electron chi connectivity index (χ2n) is 10.6. The van der Waals surface area contributed by atoms with Crippen LogP contribution in [-0.2, 0) is 9.59 Å². The highest BCUT2D eigenvalue weighted by Gasteiger charge is 2.51. The Balaban J connectivity index is 1.15. The van der Waals surface area contributed by atoms with Crippen molar-refractivity contribution in [3.63, 3.8) is 0 Å². The predicted molar refractivity (Wildman–Crippen MR) is 115 cm³/mol. The molecule has 0 radical (unpaired) electrons. The molecule has 1 heterocycles. The van der Waals surface area contributed by atoms with Crippen LogP contribution in [0.25, 0.3) is 0 Å². The molecular weight excluding hydrogens is 380 g/mol. The lowest BCUT2D eigenvalue weighted by Gasteiger charge is -2.56. The minimum Gasteiger partial charge on any atom is -0.354 e. The zero-order valence-corrected chi connectivity index (χ0v) is 18.5. The first-order valence-corrected chi connectivity index (χ1v) is 12.0. The molecule has 0 aromatic rings. The second-order valence-corrected chi connectivity index (χ2v) is 10.6. The van der Waals surface area contributed by atoms with Gasteiger partial charge in [0.25, 0.3) is 0 Å². The normalized spacial score (nSPS) is 32.9. The van der Waals surface area contributed by atoms with Gasteiger partial charge in [0.15, 0.2) is 0 Å². The third-order valence-electron chi connectivity index (χ3n) is 7.69. The summed E-state index contributed by atoms with van der Waals surface area (Å²) >= 11 is 0. The molecule has 3 N–H and O–H groups in total. The van der Waals surface area contributed by atoms with Gasteiger partial charge in [0, 0.05) is 43.6 Å². The molecule has 0 atom stereocenters. The number of piperidine rings is 1. The van der Waals surface area contributed by atoms with Crippen LogP contribution in [-0.4, -0.2) is 54.0 Å². The fourth-order valence-electron chi connectivity index (χ4n) is 6.78. The van der Waals surface area contributed by atoms with Gasteiger partial charge in [-0.2, -0.15) is 0 Å². The number of urea groups is 1. The number of carbonyl (C=O) groups excluding carboxylic acids is 3. The highest BCUT2D eigenvalue weighted by Crippen LogP contribution is 2.55. The summed E-state index contributed by atoms with van der Waals surface area (Å²) in [7, 11) is 0. The fraction of sp³-hybridized carbons (Fsp3) is 0.870. The molecule has 4 bridgehead atoms. The zero-order valence-electron chi connectivity index (χ0n) is 18.5. The van der Waals surface area contributed by atoms with Gasteiger partial charge in [-0.1, -0.05) is 0 Å². The van der Waals surface area contributed by atoms with E-state index >= 15 is 0 Å². The zero-order chi connectivity index (χ0) is 21.3. The molecule has 5 fully saturated rings. The molecule has 168 valence electrons. The van der Waals surface area contributed by atoms with Crippen LogP contribution in [0.2, 0.25) is 0 Å². The van der Waals surface area contributed by atoms with Gasteiger partial charge in [-0.05, 0) is 83.0 Å². The van der Waals surface area contributed by atoms with Gasteiger partial charge in [0.1, 0.15) is 0 Å². The lowest BCUT2D eigenvalue weighted by molar-refractivity contribution is -0.135. The van der Waals surface area contributed by atoms with E-state index in [0.717, 1.165) is 37.0 Å². The first-order chi connectivity index (χ1) is 14.3. The average molecular weight is 419 g/mol. The third kappa shape index (κ3) is 4.92. The minimum atomic E-state index is -0.117. The van der Waals surface area contributed by atoms with Crippen molar-refractivity contribution in [3.05, 3.63) is 0 Å². The number of hydrogen-bond acceptors (Lipinski definition) is 3. The van der Waals surface area contributed by atoms with E-state index in [4.69, 9.17) is 0 Å². The van der Waals surface area contributed by atoms with Gasteiger partial charge in [0.2, 0.25) is 11.8 Å². The smallest absolute Gasteiger partial charge is 0.315 e. The predicted octanol–water partition coefficient (Wildman–Crippen LogP) is 2.41. The van der Waals surface area contributed by atoms with Gasteiger partial charge in [-0.15, -0.1) is 0 Å². The number of hydrogen-bond donors (Lipinski definition) is 3. The lowest BCUT2D eigenvalue weighted by atomic mass is 9.53. The lowest BCUT2D eigenvalue weighted by Crippen LogP contribution is -2.61. The maximum Gasteiger partial charge on any atom is 0.315 e. The van der Waals surface area contributed by atoms with Crippen molar-refractivity contribution in [3.8, 4) is 0 Å². The van der Waals surface area contributed by atoms with Crippen LogP contribution in [0.3, 0.4) is 0 Å². The molecule has 4 saturated carbocycles. The molecule has 0 aromatic carbocycles. The van der Waals surface area contributed by atoms with Crippen molar-refractivity contribution in [2.45, 2.75) is 83.2 Å². The summed E-state index contributed by atoms with van der Waals surface area (Å²) in [6.45, 7) is 5.53. The monoisotopic (exact) mass is 418 g/mol. The van der Waals surface area contributed by atoms with Crippen molar-refractivity contribution < 1.29 is 14.4 Å². The van der Waals surface area contributed by atoms with Gasteiger partial charge in [-0.25, -0.2) is 4.79 Å². The van der Waals surface area contributed by atoms with E-state index in [1.54, 1.807) is 0 Å². The van der Waals surface area contributed by atoms with E-state index in [1.807, 2.05) is 18.7 Å². The Morgan fingerprint density at radius 2 is 1.53 bits per heavy atom. The molecule has 5 aliphatic rings. The van der Waals surface area contributed by atoms with Crippen molar-refractivity contribution in [2.75, 3.05) is 19.6 Å². The Morgan fingerprint density at radius 3 is 2.07 bits per heavy atom. The van der Waals surface area contributed by atoms with Crippen molar-refractivity contribution in [1.29, 1.82) is 0 Å². The number of nitrogens with zero attached hydrogens (tertiary/aromatic N) is 1. The summed E-state index contributed by atoms with van der Waals surface area (Å²) in [5.41, 5.74) is 0.00127. The summed E-state index contributed by atoms with van der Waals surface area (Å²) in [6.07, 6.45) is 9.19. The van der Waals surface area contributed by atoms with Crippen LogP contribution in [0, 0.1) is 23.7 Å². The standard InChI is InChI=1S/C23H38N4O3/c1-15(2)25-21(29)19-4-7-27(8-5-19)20(28)3-6-24-22(30)26-23-12-16-9-17(13-23)11-18(10-16)14-23/h15-19H,3-14H2,1-2H3,(H,25,29)(H2,24,26,30). The first kappa shape index (κ1) is 21.4. The number of rotatable bonds is 6. The van der Waals surface area contributed by atoms with E-state index in [9.17, 15) is 14.4 Å². The van der Waals surface area contributed by atoms with Crippen LogP contribution in [0.15, 0.2) is 0 Å². The largest absolute Gasteiger partial charge is 0.354 e. The quantitative estimate of drug-likeness (QED) is 0.619. The molecule has 0 unspecified atom stereocenters. The summed E-state index contributed by atoms with van der Waals surface area (Å²) < 4.78 is 0. The summed E-state index contributed by atoms with van der Waals surface area (Å²) in [6, 6.07) is 0.0293. The number of likely N-dealkylation sites (tertiary alicyclic amines) is 1. The molecule has 1 aliphatic heterocycles. The molecule has 30 heavy (non-hydrogen) atoms. The second kappa shape index (κ2) is 8.75. The molecule has 4 aliphatic carbocycles. The number of carbonyl (C=O) groups is 3. The Labute approximate surface area is 180 Å². The van der Waals surface area contributed by atoms with Crippen LogP contribution >= 0.6 is 0 Å². The molecule has 1 saturated heterocycles. The minimum absolute atomic E-state index is 0.000586. The van der Waals surface area contributed by atoms with E-state index in [1.165, 1.54) is 19.3 Å². The molecule has 5 rings (SSSR count). The molecule has 4 amide bonds. The average Bonchev–Trinajstić information content (AvgIpc) is 2.66. The SMILES string of the molecule is CC(C)NC(=O)C1CCN(C(=O)CCNC(=O)NC23CC4CC(CC(C4)C2)C3)CC1. The van der Waals surface area contributed by atoms with Gasteiger partial charge in [0.05, 0.1) is 0 Å². The van der Waals surface area contributed by atoms with Crippen molar-refractivity contribution in [1.82, 2.24) is 20.9 Å². The van der Waals surface area contributed by atoms with Crippen LogP contribution in [0.5, 0.6) is 0 Å². The Morgan fingerprint density at radius 1 is 0.967 bits per heavy atom. The molecule has 7 nitrogen and oxygen atoms in total. The Hall–Kier alpha value is -1.79.